The van der Waals surface area contributed by atoms with E-state index in [1.165, 1.54) is 24.4 Å². The number of amides is 1. The van der Waals surface area contributed by atoms with Crippen molar-refractivity contribution in [1.82, 2.24) is 10.3 Å². The fraction of sp³-hybridized carbons (Fsp3) is 0.381. The van der Waals surface area contributed by atoms with Gasteiger partial charge in [-0.15, -0.1) is 0 Å². The number of benzene rings is 1. The molecule has 0 fully saturated rings. The van der Waals surface area contributed by atoms with Crippen LogP contribution in [0.1, 0.15) is 67.8 Å². The van der Waals surface area contributed by atoms with Crippen LogP contribution in [0.25, 0.3) is 0 Å². The molecule has 1 aromatic carbocycles. The number of pyridine rings is 1. The standard InChI is InChI=1S/C15H12Cl2N2O3.3C2H6/c16-12-7-13(17)19-8-11(12)14(20)18-6-5-9-1-3-10(4-2-9)15(21)22;3*1-2/h1-4,7-8H,5-6H2,(H,18,20)(H,21,22);3*1-2H3. The van der Waals surface area contributed by atoms with Crippen molar-refractivity contribution < 1.29 is 14.7 Å². The Balaban J connectivity index is 0. The molecule has 7 heteroatoms. The molecule has 0 radical (unpaired) electrons. The lowest BCUT2D eigenvalue weighted by molar-refractivity contribution is 0.0696. The summed E-state index contributed by atoms with van der Waals surface area (Å²) in [4.78, 5) is 26.5. The number of aromatic carboxylic acids is 1. The Morgan fingerprint density at radius 1 is 1.00 bits per heavy atom. The molecule has 2 N–H and O–H groups in total. The first-order valence-electron chi connectivity index (χ1n) is 9.39. The Morgan fingerprint density at radius 3 is 2.00 bits per heavy atom. The minimum Gasteiger partial charge on any atom is -0.478 e. The van der Waals surface area contributed by atoms with E-state index in [2.05, 4.69) is 10.3 Å². The van der Waals surface area contributed by atoms with Crippen LogP contribution in [-0.4, -0.2) is 28.5 Å². The summed E-state index contributed by atoms with van der Waals surface area (Å²) in [7, 11) is 0. The van der Waals surface area contributed by atoms with Gasteiger partial charge in [0.2, 0.25) is 0 Å². The zero-order chi connectivity index (χ0) is 22.1. The van der Waals surface area contributed by atoms with Gasteiger partial charge in [-0.25, -0.2) is 9.78 Å². The van der Waals surface area contributed by atoms with Crippen molar-refractivity contribution in [2.45, 2.75) is 48.0 Å². The highest BCUT2D eigenvalue weighted by atomic mass is 35.5. The van der Waals surface area contributed by atoms with Crippen LogP contribution in [0, 0.1) is 0 Å². The number of halogens is 2. The number of carbonyl (C=O) groups excluding carboxylic acids is 1. The zero-order valence-corrected chi connectivity index (χ0v) is 18.9. The fourth-order valence-electron chi connectivity index (χ4n) is 1.80. The SMILES string of the molecule is CC.CC.CC.O=C(O)c1ccc(CCNC(=O)c2cnc(Cl)cc2Cl)cc1. The normalized spacial score (nSPS) is 8.71. The van der Waals surface area contributed by atoms with Gasteiger partial charge in [0, 0.05) is 12.7 Å². The fourth-order valence-corrected chi connectivity index (χ4v) is 2.26. The molecule has 0 spiro atoms. The molecular formula is C21H30Cl2N2O3. The Labute approximate surface area is 178 Å². The summed E-state index contributed by atoms with van der Waals surface area (Å²) in [6, 6.07) is 7.89. The predicted molar refractivity (Wildman–Crippen MR) is 118 cm³/mol. The van der Waals surface area contributed by atoms with Crippen LogP contribution in [0.2, 0.25) is 10.2 Å². The van der Waals surface area contributed by atoms with E-state index in [4.69, 9.17) is 28.3 Å². The Bertz CT molecular complexity index is 705. The molecule has 1 heterocycles. The van der Waals surface area contributed by atoms with Crippen molar-refractivity contribution >= 4 is 35.1 Å². The summed E-state index contributed by atoms with van der Waals surface area (Å²) >= 11 is 11.6. The molecule has 28 heavy (non-hydrogen) atoms. The number of aromatic nitrogens is 1. The van der Waals surface area contributed by atoms with Crippen LogP contribution in [-0.2, 0) is 6.42 Å². The first kappa shape index (κ1) is 28.1. The first-order valence-corrected chi connectivity index (χ1v) is 10.1. The molecule has 0 bridgehead atoms. The molecule has 2 aromatic rings. The van der Waals surface area contributed by atoms with E-state index in [1.807, 2.05) is 41.5 Å². The molecule has 2 rings (SSSR count). The number of nitrogens with zero attached hydrogens (tertiary/aromatic N) is 1. The van der Waals surface area contributed by atoms with Gasteiger partial charge in [0.15, 0.2) is 0 Å². The van der Waals surface area contributed by atoms with Gasteiger partial charge in [0.05, 0.1) is 16.1 Å². The average molecular weight is 429 g/mol. The highest BCUT2D eigenvalue weighted by Crippen LogP contribution is 2.18. The number of nitrogens with one attached hydrogen (secondary N) is 1. The summed E-state index contributed by atoms with van der Waals surface area (Å²) in [5.74, 6) is -1.30. The highest BCUT2D eigenvalue weighted by molar-refractivity contribution is 6.36. The average Bonchev–Trinajstić information content (AvgIpc) is 2.73. The monoisotopic (exact) mass is 428 g/mol. The summed E-state index contributed by atoms with van der Waals surface area (Å²) in [5.41, 5.74) is 1.41. The molecule has 0 aliphatic carbocycles. The molecule has 1 aromatic heterocycles. The van der Waals surface area contributed by atoms with Crippen molar-refractivity contribution in [2.24, 2.45) is 0 Å². The molecule has 0 unspecified atom stereocenters. The van der Waals surface area contributed by atoms with Gasteiger partial charge in [0.25, 0.3) is 5.91 Å². The van der Waals surface area contributed by atoms with E-state index in [0.717, 1.165) is 5.56 Å². The summed E-state index contributed by atoms with van der Waals surface area (Å²) in [5, 5.41) is 12.0. The molecular weight excluding hydrogens is 399 g/mol. The summed E-state index contributed by atoms with van der Waals surface area (Å²) in [6.07, 6.45) is 1.89. The minimum atomic E-state index is -0.968. The van der Waals surface area contributed by atoms with Crippen molar-refractivity contribution in [3.8, 4) is 0 Å². The molecule has 0 saturated heterocycles. The van der Waals surface area contributed by atoms with Crippen LogP contribution in [0.3, 0.4) is 0 Å². The van der Waals surface area contributed by atoms with E-state index >= 15 is 0 Å². The van der Waals surface area contributed by atoms with Crippen molar-refractivity contribution in [3.05, 3.63) is 63.4 Å². The number of carboxylic acids is 1. The van der Waals surface area contributed by atoms with Crippen LogP contribution in [0.4, 0.5) is 0 Å². The van der Waals surface area contributed by atoms with Gasteiger partial charge in [-0.1, -0.05) is 76.9 Å². The lowest BCUT2D eigenvalue weighted by atomic mass is 10.1. The van der Waals surface area contributed by atoms with E-state index in [1.54, 1.807) is 12.1 Å². The smallest absolute Gasteiger partial charge is 0.335 e. The topological polar surface area (TPSA) is 79.3 Å². The van der Waals surface area contributed by atoms with Crippen LogP contribution in [0.5, 0.6) is 0 Å². The maximum Gasteiger partial charge on any atom is 0.335 e. The first-order chi connectivity index (χ1) is 13.5. The number of carbonyl (C=O) groups is 2. The molecule has 0 saturated carbocycles. The van der Waals surface area contributed by atoms with Gasteiger partial charge in [-0.05, 0) is 30.2 Å². The second kappa shape index (κ2) is 17.0. The van der Waals surface area contributed by atoms with Crippen molar-refractivity contribution in [1.29, 1.82) is 0 Å². The number of hydrogen-bond donors (Lipinski definition) is 2. The van der Waals surface area contributed by atoms with Crippen LogP contribution < -0.4 is 5.32 Å². The second-order valence-corrected chi connectivity index (χ2v) is 5.29. The van der Waals surface area contributed by atoms with Gasteiger partial charge < -0.3 is 10.4 Å². The van der Waals surface area contributed by atoms with Crippen molar-refractivity contribution in [3.63, 3.8) is 0 Å². The molecule has 1 amide bonds. The van der Waals surface area contributed by atoms with Crippen molar-refractivity contribution in [2.75, 3.05) is 6.54 Å². The Kier molecular flexibility index (Phi) is 17.1. The maximum atomic E-state index is 12.0. The number of hydrogen-bond acceptors (Lipinski definition) is 3. The quantitative estimate of drug-likeness (QED) is 0.560. The zero-order valence-electron chi connectivity index (χ0n) is 17.3. The number of rotatable bonds is 5. The molecule has 5 nitrogen and oxygen atoms in total. The highest BCUT2D eigenvalue weighted by Gasteiger charge is 2.11. The Morgan fingerprint density at radius 2 is 1.54 bits per heavy atom. The van der Waals surface area contributed by atoms with E-state index in [-0.39, 0.29) is 27.2 Å². The molecule has 0 aliphatic heterocycles. The van der Waals surface area contributed by atoms with E-state index in [9.17, 15) is 9.59 Å². The van der Waals surface area contributed by atoms with E-state index < -0.39 is 5.97 Å². The predicted octanol–water partition coefficient (Wildman–Crippen LogP) is 6.14. The minimum absolute atomic E-state index is 0.222. The third-order valence-corrected chi connectivity index (χ3v) is 3.48. The third kappa shape index (κ3) is 10.3. The van der Waals surface area contributed by atoms with Gasteiger partial charge in [-0.2, -0.15) is 0 Å². The lowest BCUT2D eigenvalue weighted by Crippen LogP contribution is -2.26. The van der Waals surface area contributed by atoms with Gasteiger partial charge >= 0.3 is 5.97 Å². The van der Waals surface area contributed by atoms with Crippen LogP contribution >= 0.6 is 23.2 Å². The molecule has 0 aliphatic rings. The van der Waals surface area contributed by atoms with Gasteiger partial charge in [-0.3, -0.25) is 4.79 Å². The third-order valence-electron chi connectivity index (χ3n) is 2.96. The molecule has 156 valence electrons. The lowest BCUT2D eigenvalue weighted by Gasteiger charge is -2.07. The summed E-state index contributed by atoms with van der Waals surface area (Å²) in [6.45, 7) is 12.4. The Hall–Kier alpha value is -2.11. The molecule has 0 atom stereocenters. The van der Waals surface area contributed by atoms with Gasteiger partial charge in [0.1, 0.15) is 5.15 Å². The number of carboxylic acid groups (broad SMARTS) is 1. The van der Waals surface area contributed by atoms with Crippen LogP contribution in [0.15, 0.2) is 36.5 Å². The maximum absolute atomic E-state index is 12.0. The largest absolute Gasteiger partial charge is 0.478 e. The van der Waals surface area contributed by atoms with E-state index in [0.29, 0.717) is 13.0 Å². The summed E-state index contributed by atoms with van der Waals surface area (Å²) < 4.78 is 0. The second-order valence-electron chi connectivity index (χ2n) is 4.49.